The number of carbonyl (C=O) groups excluding carboxylic acids is 1. The Balaban J connectivity index is 1.89. The minimum Gasteiger partial charge on any atom is -0.426 e. The fourth-order valence-corrected chi connectivity index (χ4v) is 4.52. The molecular weight excluding hydrogens is 264 g/mol. The van der Waals surface area contributed by atoms with Gasteiger partial charge in [0.1, 0.15) is 0 Å². The van der Waals surface area contributed by atoms with E-state index in [-0.39, 0.29) is 23.5 Å². The van der Waals surface area contributed by atoms with Gasteiger partial charge >= 0.3 is 6.16 Å². The highest BCUT2D eigenvalue weighted by Gasteiger charge is 2.62. The van der Waals surface area contributed by atoms with Gasteiger partial charge in [0.15, 0.2) is 12.2 Å². The van der Waals surface area contributed by atoms with Gasteiger partial charge in [0.25, 0.3) is 0 Å². The predicted octanol–water partition coefficient (Wildman–Crippen LogP) is 3.36. The van der Waals surface area contributed by atoms with Crippen LogP contribution < -0.4 is 0 Å². The maximum absolute atomic E-state index is 11.7. The summed E-state index contributed by atoms with van der Waals surface area (Å²) >= 11 is 0. The van der Waals surface area contributed by atoms with Gasteiger partial charge in [-0.25, -0.2) is 4.79 Å². The van der Waals surface area contributed by atoms with E-state index < -0.39 is 6.16 Å². The van der Waals surface area contributed by atoms with Gasteiger partial charge in [0.2, 0.25) is 0 Å². The molecule has 0 spiro atoms. The number of hydrogen-bond acceptors (Lipinski definition) is 3. The molecule has 3 aliphatic carbocycles. The fraction of sp³-hybridized carbons (Fsp3) is 0.278. The summed E-state index contributed by atoms with van der Waals surface area (Å²) in [5.74, 6) is 0.0793. The van der Waals surface area contributed by atoms with Crippen LogP contribution in [0.5, 0.6) is 0 Å². The van der Waals surface area contributed by atoms with E-state index in [4.69, 9.17) is 9.47 Å². The SMILES string of the molecule is CC12c3ccccc3C(c3ccccc31)[C@H]1OC(=O)O[C@H]12. The molecule has 0 aromatic heterocycles. The molecule has 0 radical (unpaired) electrons. The summed E-state index contributed by atoms with van der Waals surface area (Å²) < 4.78 is 11.1. The first-order valence-corrected chi connectivity index (χ1v) is 7.27. The Kier molecular flexibility index (Phi) is 1.88. The molecule has 0 amide bonds. The zero-order chi connectivity index (χ0) is 14.2. The van der Waals surface area contributed by atoms with Crippen LogP contribution >= 0.6 is 0 Å². The van der Waals surface area contributed by atoms with Crippen LogP contribution in [0.3, 0.4) is 0 Å². The second-order valence-electron chi connectivity index (χ2n) is 6.23. The number of ether oxygens (including phenoxy) is 2. The van der Waals surface area contributed by atoms with Gasteiger partial charge in [0, 0.05) is 0 Å². The van der Waals surface area contributed by atoms with E-state index in [0.29, 0.717) is 0 Å². The van der Waals surface area contributed by atoms with Gasteiger partial charge in [-0.15, -0.1) is 0 Å². The van der Waals surface area contributed by atoms with E-state index >= 15 is 0 Å². The summed E-state index contributed by atoms with van der Waals surface area (Å²) in [4.78, 5) is 11.7. The molecule has 0 unspecified atom stereocenters. The fourth-order valence-electron chi connectivity index (χ4n) is 4.52. The van der Waals surface area contributed by atoms with Crippen LogP contribution in [0, 0.1) is 0 Å². The number of rotatable bonds is 0. The molecule has 0 N–H and O–H groups in total. The second kappa shape index (κ2) is 3.48. The minimum absolute atomic E-state index is 0.0793. The molecule has 3 nitrogen and oxygen atoms in total. The molecule has 4 aliphatic rings. The van der Waals surface area contributed by atoms with Gasteiger partial charge < -0.3 is 9.47 Å². The summed E-state index contributed by atoms with van der Waals surface area (Å²) in [5, 5.41) is 0. The third-order valence-electron chi connectivity index (χ3n) is 5.36. The maximum atomic E-state index is 11.7. The second-order valence-corrected chi connectivity index (χ2v) is 6.23. The number of carbonyl (C=O) groups is 1. The Morgan fingerprint density at radius 2 is 1.48 bits per heavy atom. The van der Waals surface area contributed by atoms with Gasteiger partial charge in [-0.1, -0.05) is 48.5 Å². The third-order valence-corrected chi connectivity index (χ3v) is 5.36. The summed E-state index contributed by atoms with van der Waals surface area (Å²) in [5.41, 5.74) is 4.71. The Bertz CT molecular complexity index is 732. The molecule has 2 bridgehead atoms. The molecular formula is C18H14O3. The molecule has 2 aromatic rings. The van der Waals surface area contributed by atoms with Crippen molar-refractivity contribution in [1.29, 1.82) is 0 Å². The van der Waals surface area contributed by atoms with E-state index in [1.165, 1.54) is 22.3 Å². The van der Waals surface area contributed by atoms with Crippen LogP contribution in [0.4, 0.5) is 4.79 Å². The van der Waals surface area contributed by atoms with Crippen LogP contribution in [-0.4, -0.2) is 18.4 Å². The van der Waals surface area contributed by atoms with Crippen LogP contribution in [0.1, 0.15) is 35.1 Å². The molecule has 1 fully saturated rings. The Hall–Kier alpha value is -2.29. The maximum Gasteiger partial charge on any atom is 0.509 e. The smallest absolute Gasteiger partial charge is 0.426 e. The lowest BCUT2D eigenvalue weighted by Crippen LogP contribution is -2.55. The first-order chi connectivity index (χ1) is 10.2. The zero-order valence-electron chi connectivity index (χ0n) is 11.6. The standard InChI is InChI=1S/C18H14O3/c1-18-12-8-4-2-6-10(12)14(11-7-3-5-9-13(11)18)15-16(18)21-17(19)20-15/h2-9,14-16H,1H3/t14?,15-,16-,18?/m1/s1. The highest BCUT2D eigenvalue weighted by molar-refractivity contribution is 5.69. The van der Waals surface area contributed by atoms with Crippen molar-refractivity contribution in [3.63, 3.8) is 0 Å². The van der Waals surface area contributed by atoms with Crippen molar-refractivity contribution in [3.05, 3.63) is 70.8 Å². The van der Waals surface area contributed by atoms with Crippen molar-refractivity contribution >= 4 is 6.16 Å². The Labute approximate surface area is 122 Å². The molecule has 6 rings (SSSR count). The van der Waals surface area contributed by atoms with E-state index in [0.717, 1.165) is 0 Å². The van der Waals surface area contributed by atoms with Crippen molar-refractivity contribution in [1.82, 2.24) is 0 Å². The molecule has 2 aromatic carbocycles. The molecule has 1 aliphatic heterocycles. The van der Waals surface area contributed by atoms with E-state index in [2.05, 4.69) is 55.5 Å². The lowest BCUT2D eigenvalue weighted by atomic mass is 9.53. The summed E-state index contributed by atoms with van der Waals surface area (Å²) in [6, 6.07) is 16.8. The third kappa shape index (κ3) is 1.15. The lowest BCUT2D eigenvalue weighted by Gasteiger charge is -2.51. The van der Waals surface area contributed by atoms with Crippen molar-refractivity contribution in [2.75, 3.05) is 0 Å². The van der Waals surface area contributed by atoms with Crippen molar-refractivity contribution in [2.24, 2.45) is 0 Å². The summed E-state index contributed by atoms with van der Waals surface area (Å²) in [6.07, 6.45) is -0.992. The highest BCUT2D eigenvalue weighted by Crippen LogP contribution is 2.59. The average molecular weight is 278 g/mol. The monoisotopic (exact) mass is 278 g/mol. The molecule has 1 heterocycles. The Morgan fingerprint density at radius 1 is 0.905 bits per heavy atom. The quantitative estimate of drug-likeness (QED) is 0.693. The topological polar surface area (TPSA) is 35.5 Å². The van der Waals surface area contributed by atoms with Crippen molar-refractivity contribution in [2.45, 2.75) is 30.5 Å². The normalized spacial score (nSPS) is 34.5. The zero-order valence-corrected chi connectivity index (χ0v) is 11.6. The summed E-state index contributed by atoms with van der Waals surface area (Å²) in [7, 11) is 0. The molecule has 3 heteroatoms. The molecule has 2 atom stereocenters. The van der Waals surface area contributed by atoms with Gasteiger partial charge in [-0.05, 0) is 29.2 Å². The predicted molar refractivity (Wildman–Crippen MR) is 76.3 cm³/mol. The Morgan fingerprint density at radius 3 is 2.10 bits per heavy atom. The molecule has 0 saturated carbocycles. The number of benzene rings is 2. The molecule has 21 heavy (non-hydrogen) atoms. The molecule has 104 valence electrons. The van der Waals surface area contributed by atoms with Gasteiger partial charge in [-0.2, -0.15) is 0 Å². The number of hydrogen-bond donors (Lipinski definition) is 0. The lowest BCUT2D eigenvalue weighted by molar-refractivity contribution is 0.0625. The summed E-state index contributed by atoms with van der Waals surface area (Å²) in [6.45, 7) is 2.17. The highest BCUT2D eigenvalue weighted by atomic mass is 16.8. The first kappa shape index (κ1) is 11.4. The van der Waals surface area contributed by atoms with Crippen LogP contribution in [-0.2, 0) is 14.9 Å². The van der Waals surface area contributed by atoms with E-state index in [1.807, 2.05) is 0 Å². The van der Waals surface area contributed by atoms with Crippen LogP contribution in [0.25, 0.3) is 0 Å². The first-order valence-electron chi connectivity index (χ1n) is 7.27. The van der Waals surface area contributed by atoms with Crippen LogP contribution in [0.2, 0.25) is 0 Å². The minimum atomic E-state index is -0.540. The van der Waals surface area contributed by atoms with Crippen LogP contribution in [0.15, 0.2) is 48.5 Å². The van der Waals surface area contributed by atoms with E-state index in [1.54, 1.807) is 0 Å². The van der Waals surface area contributed by atoms with Gasteiger partial charge in [0.05, 0.1) is 11.3 Å². The average Bonchev–Trinajstić information content (AvgIpc) is 2.91. The molecule has 1 saturated heterocycles. The van der Waals surface area contributed by atoms with Gasteiger partial charge in [-0.3, -0.25) is 0 Å². The van der Waals surface area contributed by atoms with Crippen molar-refractivity contribution < 1.29 is 14.3 Å². The van der Waals surface area contributed by atoms with E-state index in [9.17, 15) is 4.79 Å². The largest absolute Gasteiger partial charge is 0.509 e. The van der Waals surface area contributed by atoms with Crippen molar-refractivity contribution in [3.8, 4) is 0 Å².